The molecule has 222 valence electrons. The van der Waals surface area contributed by atoms with E-state index in [1.807, 2.05) is 66.7 Å². The van der Waals surface area contributed by atoms with Crippen LogP contribution in [-0.2, 0) is 27.1 Å². The van der Waals surface area contributed by atoms with Gasteiger partial charge in [-0.05, 0) is 56.0 Å². The van der Waals surface area contributed by atoms with Crippen molar-refractivity contribution < 1.29 is 23.9 Å². The Bertz CT molecular complexity index is 1320. The number of para-hydroxylation sites is 1. The number of carbonyl (C=O) groups excluding carboxylic acids is 3. The predicted octanol–water partition coefficient (Wildman–Crippen LogP) is 5.46. The van der Waals surface area contributed by atoms with Crippen LogP contribution >= 0.6 is 0 Å². The number of aldehydes is 1. The van der Waals surface area contributed by atoms with Gasteiger partial charge in [-0.15, -0.1) is 0 Å². The van der Waals surface area contributed by atoms with Gasteiger partial charge in [-0.3, -0.25) is 14.9 Å². The van der Waals surface area contributed by atoms with Crippen molar-refractivity contribution in [1.29, 1.82) is 0 Å². The van der Waals surface area contributed by atoms with Gasteiger partial charge in [-0.1, -0.05) is 66.7 Å². The first-order valence-corrected chi connectivity index (χ1v) is 14.7. The Morgan fingerprint density at radius 1 is 1.00 bits per heavy atom. The summed E-state index contributed by atoms with van der Waals surface area (Å²) in [7, 11) is 2.08. The van der Waals surface area contributed by atoms with Crippen molar-refractivity contribution in [1.82, 2.24) is 9.80 Å². The minimum Gasteiger partial charge on any atom is -0.466 e. The summed E-state index contributed by atoms with van der Waals surface area (Å²) in [6.45, 7) is 6.50. The number of benzene rings is 3. The first-order valence-electron chi connectivity index (χ1n) is 14.7. The number of likely N-dealkylation sites (tertiary alicyclic amines) is 1. The van der Waals surface area contributed by atoms with Gasteiger partial charge in [0.05, 0.1) is 18.7 Å². The van der Waals surface area contributed by atoms with E-state index in [1.165, 1.54) is 0 Å². The van der Waals surface area contributed by atoms with Crippen LogP contribution in [0, 0.1) is 0 Å². The average molecular weight is 572 g/mol. The van der Waals surface area contributed by atoms with Crippen molar-refractivity contribution >= 4 is 24.0 Å². The van der Waals surface area contributed by atoms with Crippen LogP contribution in [0.15, 0.2) is 72.8 Å². The monoisotopic (exact) mass is 571 g/mol. The summed E-state index contributed by atoms with van der Waals surface area (Å²) in [6.07, 6.45) is 2.88. The first-order chi connectivity index (χ1) is 20.4. The van der Waals surface area contributed by atoms with E-state index >= 15 is 0 Å². The average Bonchev–Trinajstić information content (AvgIpc) is 3.00. The highest BCUT2D eigenvalue weighted by atomic mass is 16.6. The van der Waals surface area contributed by atoms with Crippen molar-refractivity contribution in [3.05, 3.63) is 89.5 Å². The normalized spacial score (nSPS) is 14.0. The van der Waals surface area contributed by atoms with E-state index in [2.05, 4.69) is 22.2 Å². The zero-order chi connectivity index (χ0) is 29.7. The van der Waals surface area contributed by atoms with Crippen LogP contribution in [0.25, 0.3) is 11.1 Å². The van der Waals surface area contributed by atoms with E-state index in [4.69, 9.17) is 9.47 Å². The molecular formula is C34H41N3O5. The fourth-order valence-corrected chi connectivity index (χ4v) is 5.22. The van der Waals surface area contributed by atoms with Crippen LogP contribution in [0.2, 0.25) is 0 Å². The number of likely N-dealkylation sites (N-methyl/N-ethyl adjacent to an activating group) is 1. The number of rotatable bonds is 13. The molecule has 1 aliphatic heterocycles. The molecular weight excluding hydrogens is 530 g/mol. The Balaban J connectivity index is 1.18. The molecule has 8 heteroatoms. The van der Waals surface area contributed by atoms with E-state index in [0.717, 1.165) is 86.2 Å². The number of carbonyl (C=O) groups is 3. The Kier molecular flexibility index (Phi) is 11.7. The quantitative estimate of drug-likeness (QED) is 0.215. The maximum absolute atomic E-state index is 12.7. The highest BCUT2D eigenvalue weighted by molar-refractivity contribution is 5.91. The first kappa shape index (κ1) is 30.9. The summed E-state index contributed by atoms with van der Waals surface area (Å²) in [5.41, 5.74) is 5.20. The third-order valence-electron chi connectivity index (χ3n) is 7.61. The number of hydrogen-bond acceptors (Lipinski definition) is 7. The van der Waals surface area contributed by atoms with Gasteiger partial charge in [0.1, 0.15) is 12.4 Å². The van der Waals surface area contributed by atoms with E-state index < -0.39 is 6.09 Å². The number of ether oxygens (including phenoxy) is 2. The van der Waals surface area contributed by atoms with Crippen molar-refractivity contribution in [2.45, 2.75) is 38.7 Å². The van der Waals surface area contributed by atoms with Crippen molar-refractivity contribution in [2.75, 3.05) is 51.7 Å². The second kappa shape index (κ2) is 15.8. The third-order valence-corrected chi connectivity index (χ3v) is 7.61. The highest BCUT2D eigenvalue weighted by Crippen LogP contribution is 2.28. The van der Waals surface area contributed by atoms with E-state index in [0.29, 0.717) is 12.2 Å². The molecule has 1 N–H and O–H groups in total. The van der Waals surface area contributed by atoms with Crippen LogP contribution in [0.4, 0.5) is 10.5 Å². The molecule has 0 aromatic heterocycles. The SMILES string of the molecule is CCOC(=O)Cc1ccc(C=O)c(CCN(C)CCN2CCC(OC(=O)Nc3ccccc3-c3ccccc3)CC2)c1. The lowest BCUT2D eigenvalue weighted by molar-refractivity contribution is -0.142. The molecule has 1 amide bonds. The second-order valence-electron chi connectivity index (χ2n) is 10.7. The molecule has 3 aromatic carbocycles. The lowest BCUT2D eigenvalue weighted by atomic mass is 10.0. The molecule has 42 heavy (non-hydrogen) atoms. The van der Waals surface area contributed by atoms with Gasteiger partial charge in [0.25, 0.3) is 0 Å². The zero-order valence-corrected chi connectivity index (χ0v) is 24.6. The number of nitrogens with zero attached hydrogens (tertiary/aromatic N) is 2. The van der Waals surface area contributed by atoms with Gasteiger partial charge < -0.3 is 19.3 Å². The van der Waals surface area contributed by atoms with Gasteiger partial charge in [-0.2, -0.15) is 0 Å². The van der Waals surface area contributed by atoms with E-state index in [1.54, 1.807) is 13.0 Å². The largest absolute Gasteiger partial charge is 0.466 e. The van der Waals surface area contributed by atoms with E-state index in [-0.39, 0.29) is 18.5 Å². The summed E-state index contributed by atoms with van der Waals surface area (Å²) in [5.74, 6) is -0.261. The number of anilines is 1. The second-order valence-corrected chi connectivity index (χ2v) is 10.7. The molecule has 0 bridgehead atoms. The standard InChI is InChI=1S/C34H41N3O5/c1-3-41-33(39)24-26-13-14-29(25-38)28(23-26)15-18-36(2)21-22-37-19-16-30(17-20-37)42-34(40)35-32-12-8-7-11-31(32)27-9-5-4-6-10-27/h4-14,23,25,30H,3,15-22,24H2,1-2H3,(H,35,40). The van der Waals surface area contributed by atoms with Crippen LogP contribution in [0.3, 0.4) is 0 Å². The highest BCUT2D eigenvalue weighted by Gasteiger charge is 2.23. The molecule has 0 spiro atoms. The summed E-state index contributed by atoms with van der Waals surface area (Å²) < 4.78 is 10.8. The summed E-state index contributed by atoms with van der Waals surface area (Å²) in [5, 5.41) is 2.94. The Morgan fingerprint density at radius 3 is 2.48 bits per heavy atom. The molecule has 0 unspecified atom stereocenters. The molecule has 1 aliphatic rings. The molecule has 8 nitrogen and oxygen atoms in total. The van der Waals surface area contributed by atoms with Crippen LogP contribution < -0.4 is 5.32 Å². The number of esters is 1. The Labute approximate surface area is 248 Å². The maximum atomic E-state index is 12.7. The van der Waals surface area contributed by atoms with Crippen LogP contribution in [-0.4, -0.2) is 80.6 Å². The number of piperidine rings is 1. The van der Waals surface area contributed by atoms with Crippen molar-refractivity contribution in [3.8, 4) is 11.1 Å². The van der Waals surface area contributed by atoms with Crippen molar-refractivity contribution in [3.63, 3.8) is 0 Å². The smallest absolute Gasteiger partial charge is 0.411 e. The maximum Gasteiger partial charge on any atom is 0.411 e. The Morgan fingerprint density at radius 2 is 1.74 bits per heavy atom. The van der Waals surface area contributed by atoms with Gasteiger partial charge in [0.15, 0.2) is 0 Å². The molecule has 0 atom stereocenters. The Hall–Kier alpha value is -4.01. The number of amides is 1. The lowest BCUT2D eigenvalue weighted by Crippen LogP contribution is -2.42. The molecule has 1 fully saturated rings. The molecule has 1 saturated heterocycles. The fourth-order valence-electron chi connectivity index (χ4n) is 5.22. The van der Waals surface area contributed by atoms with Crippen LogP contribution in [0.5, 0.6) is 0 Å². The topological polar surface area (TPSA) is 88.2 Å². The molecule has 4 rings (SSSR count). The molecule has 3 aromatic rings. The molecule has 0 saturated carbocycles. The minimum atomic E-state index is -0.419. The van der Waals surface area contributed by atoms with Gasteiger partial charge in [0, 0.05) is 43.9 Å². The predicted molar refractivity (Wildman–Crippen MR) is 165 cm³/mol. The molecule has 0 radical (unpaired) electrons. The third kappa shape index (κ3) is 9.26. The molecule has 1 heterocycles. The van der Waals surface area contributed by atoms with Crippen LogP contribution in [0.1, 0.15) is 41.3 Å². The van der Waals surface area contributed by atoms with Gasteiger partial charge >= 0.3 is 12.1 Å². The summed E-state index contributed by atoms with van der Waals surface area (Å²) in [6, 6.07) is 23.3. The minimum absolute atomic E-state index is 0.105. The van der Waals surface area contributed by atoms with Gasteiger partial charge in [0.2, 0.25) is 0 Å². The summed E-state index contributed by atoms with van der Waals surface area (Å²) in [4.78, 5) is 40.8. The van der Waals surface area contributed by atoms with Gasteiger partial charge in [-0.25, -0.2) is 4.79 Å². The number of hydrogen-bond donors (Lipinski definition) is 1. The van der Waals surface area contributed by atoms with Crippen molar-refractivity contribution in [2.24, 2.45) is 0 Å². The van der Waals surface area contributed by atoms with E-state index in [9.17, 15) is 14.4 Å². The summed E-state index contributed by atoms with van der Waals surface area (Å²) >= 11 is 0. The zero-order valence-electron chi connectivity index (χ0n) is 24.6. The lowest BCUT2D eigenvalue weighted by Gasteiger charge is -2.32. The fraction of sp³-hybridized carbons (Fsp3) is 0.382. The molecule has 0 aliphatic carbocycles. The number of nitrogens with one attached hydrogen (secondary N) is 1.